The number of benzene rings is 12. The van der Waals surface area contributed by atoms with Crippen molar-refractivity contribution in [2.24, 2.45) is 0 Å². The Morgan fingerprint density at radius 3 is 1.39 bits per heavy atom. The van der Waals surface area contributed by atoms with Crippen molar-refractivity contribution in [3.05, 3.63) is 212 Å². The zero-order valence-electron chi connectivity index (χ0n) is 32.2. The molecule has 0 aliphatic carbocycles. The molecule has 272 valence electrons. The molecule has 0 aliphatic rings. The quantitative estimate of drug-likeness (QED) is 0.159. The smallest absolute Gasteiger partial charge is 0.0619 e. The first-order valence-corrected chi connectivity index (χ1v) is 20.5. The van der Waals surface area contributed by atoms with E-state index in [1.165, 1.54) is 119 Å². The maximum absolute atomic E-state index is 2.48. The second kappa shape index (κ2) is 12.4. The van der Waals surface area contributed by atoms with Crippen LogP contribution in [0, 0.1) is 0 Å². The average molecular weight is 746 g/mol. The van der Waals surface area contributed by atoms with Crippen LogP contribution >= 0.6 is 0 Å². The molecule has 1 heterocycles. The summed E-state index contributed by atoms with van der Waals surface area (Å²) < 4.78 is 2.48. The molecule has 1 aromatic heterocycles. The summed E-state index contributed by atoms with van der Waals surface area (Å²) in [5.74, 6) is 0. The van der Waals surface area contributed by atoms with E-state index >= 15 is 0 Å². The van der Waals surface area contributed by atoms with Gasteiger partial charge in [-0.05, 0) is 122 Å². The Morgan fingerprint density at radius 1 is 0.254 bits per heavy atom. The zero-order chi connectivity index (χ0) is 38.6. The third-order valence-electron chi connectivity index (χ3n) is 12.9. The van der Waals surface area contributed by atoms with E-state index in [1.54, 1.807) is 0 Å². The summed E-state index contributed by atoms with van der Waals surface area (Å²) in [6.45, 7) is 0. The first-order chi connectivity index (χ1) is 29.3. The summed E-state index contributed by atoms with van der Waals surface area (Å²) >= 11 is 0. The molecular formula is C58H35N. The largest absolute Gasteiger partial charge is 0.309 e. The second-order valence-electron chi connectivity index (χ2n) is 15.9. The van der Waals surface area contributed by atoms with Gasteiger partial charge in [-0.15, -0.1) is 0 Å². The summed E-state index contributed by atoms with van der Waals surface area (Å²) in [6, 6.07) is 78.8. The predicted octanol–water partition coefficient (Wildman–Crippen LogP) is 16.2. The van der Waals surface area contributed by atoms with E-state index in [-0.39, 0.29) is 0 Å². The van der Waals surface area contributed by atoms with E-state index in [0.29, 0.717) is 0 Å². The van der Waals surface area contributed by atoms with E-state index < -0.39 is 0 Å². The first-order valence-electron chi connectivity index (χ1n) is 20.5. The molecule has 1 nitrogen and oxygen atoms in total. The van der Waals surface area contributed by atoms with Crippen molar-refractivity contribution in [2.75, 3.05) is 0 Å². The van der Waals surface area contributed by atoms with Gasteiger partial charge in [-0.25, -0.2) is 0 Å². The number of rotatable bonds is 3. The van der Waals surface area contributed by atoms with Crippen molar-refractivity contribution in [1.82, 2.24) is 4.57 Å². The topological polar surface area (TPSA) is 4.93 Å². The van der Waals surface area contributed by atoms with E-state index in [9.17, 15) is 0 Å². The average Bonchev–Trinajstić information content (AvgIpc) is 3.65. The molecule has 13 aromatic rings. The minimum absolute atomic E-state index is 1.15. The van der Waals surface area contributed by atoms with Gasteiger partial charge >= 0.3 is 0 Å². The standard InChI is InChI=1S/C58H35N/c1-2-15-40-37(14-1)34-53(46-20-4-3-16-42(40)46)36-28-31-39(32-29-36)59-55-27-12-11-21-48(55)52-26-13-25-41(58(52)59)38-30-33-47-45-19-7-9-23-50(45)56-49-22-8-5-17-43(49)44-18-6-10-24-51(44)57(56)54(47)35-38/h1-35H. The molecule has 0 aliphatic heterocycles. The van der Waals surface area contributed by atoms with Gasteiger partial charge in [0, 0.05) is 22.0 Å². The Morgan fingerprint density at radius 2 is 0.729 bits per heavy atom. The van der Waals surface area contributed by atoms with Crippen molar-refractivity contribution in [2.45, 2.75) is 0 Å². The van der Waals surface area contributed by atoms with Gasteiger partial charge in [0.15, 0.2) is 0 Å². The molecule has 0 unspecified atom stereocenters. The third kappa shape index (κ3) is 4.62. The van der Waals surface area contributed by atoms with Gasteiger partial charge in [-0.3, -0.25) is 0 Å². The van der Waals surface area contributed by atoms with E-state index in [0.717, 1.165) is 5.69 Å². The Kier molecular flexibility index (Phi) is 6.79. The van der Waals surface area contributed by atoms with Crippen LogP contribution < -0.4 is 0 Å². The van der Waals surface area contributed by atoms with E-state index in [1.807, 2.05) is 0 Å². The molecule has 12 aromatic carbocycles. The molecule has 13 rings (SSSR count). The molecule has 0 saturated heterocycles. The molecular weight excluding hydrogens is 711 g/mol. The normalized spacial score (nSPS) is 12.1. The highest BCUT2D eigenvalue weighted by atomic mass is 15.0. The van der Waals surface area contributed by atoms with Crippen LogP contribution in [-0.4, -0.2) is 4.57 Å². The minimum Gasteiger partial charge on any atom is -0.309 e. The van der Waals surface area contributed by atoms with Gasteiger partial charge < -0.3 is 4.57 Å². The number of aromatic nitrogens is 1. The highest BCUT2D eigenvalue weighted by Gasteiger charge is 2.20. The van der Waals surface area contributed by atoms with Crippen LogP contribution in [0.4, 0.5) is 0 Å². The Bertz CT molecular complexity index is 3870. The monoisotopic (exact) mass is 745 g/mol. The predicted molar refractivity (Wildman–Crippen MR) is 254 cm³/mol. The summed E-state index contributed by atoms with van der Waals surface area (Å²) in [6.07, 6.45) is 0. The van der Waals surface area contributed by atoms with Crippen LogP contribution in [0.1, 0.15) is 0 Å². The Balaban J connectivity index is 1.08. The number of hydrogen-bond donors (Lipinski definition) is 0. The van der Waals surface area contributed by atoms with Crippen LogP contribution in [0.3, 0.4) is 0 Å². The lowest BCUT2D eigenvalue weighted by Gasteiger charge is -2.17. The molecule has 0 bridgehead atoms. The summed E-state index contributed by atoms with van der Waals surface area (Å²) in [4.78, 5) is 0. The molecule has 0 amide bonds. The number of para-hydroxylation sites is 2. The second-order valence-corrected chi connectivity index (χ2v) is 15.9. The molecule has 0 radical (unpaired) electrons. The first kappa shape index (κ1) is 32.4. The number of fused-ring (bicyclic) bond motifs is 17. The fourth-order valence-electron chi connectivity index (χ4n) is 10.4. The molecule has 0 spiro atoms. The lowest BCUT2D eigenvalue weighted by atomic mass is 9.86. The fraction of sp³-hybridized carbons (Fsp3) is 0. The molecule has 0 atom stereocenters. The maximum atomic E-state index is 2.48. The highest BCUT2D eigenvalue weighted by Crippen LogP contribution is 2.46. The van der Waals surface area contributed by atoms with Crippen molar-refractivity contribution >= 4 is 97.2 Å². The van der Waals surface area contributed by atoms with Crippen LogP contribution in [0.25, 0.3) is 125 Å². The van der Waals surface area contributed by atoms with Crippen molar-refractivity contribution < 1.29 is 0 Å². The van der Waals surface area contributed by atoms with E-state index in [2.05, 4.69) is 217 Å². The van der Waals surface area contributed by atoms with Gasteiger partial charge in [0.25, 0.3) is 0 Å². The molecule has 0 N–H and O–H groups in total. The molecule has 59 heavy (non-hydrogen) atoms. The molecule has 1 heteroatoms. The Labute approximate surface area is 340 Å². The summed E-state index contributed by atoms with van der Waals surface area (Å²) in [5.41, 5.74) is 8.46. The summed E-state index contributed by atoms with van der Waals surface area (Å²) in [7, 11) is 0. The molecule has 0 fully saturated rings. The Hall–Kier alpha value is -7.74. The van der Waals surface area contributed by atoms with Gasteiger partial charge in [-0.1, -0.05) is 182 Å². The van der Waals surface area contributed by atoms with Gasteiger partial charge in [-0.2, -0.15) is 0 Å². The number of hydrogen-bond acceptors (Lipinski definition) is 0. The van der Waals surface area contributed by atoms with Crippen LogP contribution in [0.2, 0.25) is 0 Å². The fourth-order valence-corrected chi connectivity index (χ4v) is 10.4. The SMILES string of the molecule is c1ccc2c(c1)cc(-c1ccc(-n3c4ccccc4c4cccc(-c5ccc6c7ccccc7c7c8ccccc8c8ccccc8c7c6c5)c43)cc1)c1ccccc12. The number of nitrogens with zero attached hydrogens (tertiary/aromatic N) is 1. The highest BCUT2D eigenvalue weighted by molar-refractivity contribution is 6.39. The lowest BCUT2D eigenvalue weighted by molar-refractivity contribution is 1.18. The summed E-state index contributed by atoms with van der Waals surface area (Å²) in [5, 5.41) is 20.6. The van der Waals surface area contributed by atoms with Crippen LogP contribution in [0.15, 0.2) is 212 Å². The zero-order valence-corrected chi connectivity index (χ0v) is 32.2. The lowest BCUT2D eigenvalue weighted by Crippen LogP contribution is -1.96. The van der Waals surface area contributed by atoms with E-state index in [4.69, 9.17) is 0 Å². The van der Waals surface area contributed by atoms with Crippen molar-refractivity contribution in [1.29, 1.82) is 0 Å². The van der Waals surface area contributed by atoms with Gasteiger partial charge in [0.2, 0.25) is 0 Å². The maximum Gasteiger partial charge on any atom is 0.0619 e. The van der Waals surface area contributed by atoms with Crippen molar-refractivity contribution in [3.8, 4) is 27.9 Å². The minimum atomic E-state index is 1.15. The van der Waals surface area contributed by atoms with Crippen LogP contribution in [0.5, 0.6) is 0 Å². The third-order valence-corrected chi connectivity index (χ3v) is 12.9. The van der Waals surface area contributed by atoms with Crippen LogP contribution in [-0.2, 0) is 0 Å². The van der Waals surface area contributed by atoms with Gasteiger partial charge in [0.05, 0.1) is 11.0 Å². The van der Waals surface area contributed by atoms with Crippen molar-refractivity contribution in [3.63, 3.8) is 0 Å². The van der Waals surface area contributed by atoms with Gasteiger partial charge in [0.1, 0.15) is 0 Å². The molecule has 0 saturated carbocycles.